The lowest BCUT2D eigenvalue weighted by atomic mass is 10.0. The average molecular weight is 247 g/mol. The zero-order valence-corrected chi connectivity index (χ0v) is 11.1. The monoisotopic (exact) mass is 247 g/mol. The molecule has 1 aromatic carbocycles. The maximum absolute atomic E-state index is 12.2. The molecule has 18 heavy (non-hydrogen) atoms. The van der Waals surface area contributed by atoms with Gasteiger partial charge in [0.15, 0.2) is 0 Å². The first kappa shape index (κ1) is 13.1. The van der Waals surface area contributed by atoms with E-state index < -0.39 is 5.41 Å². The van der Waals surface area contributed by atoms with Gasteiger partial charge in [0.25, 0.3) is 0 Å². The number of anilines is 1. The maximum Gasteiger partial charge on any atom is 0.232 e. The summed E-state index contributed by atoms with van der Waals surface area (Å²) in [6.07, 6.45) is 3.39. The Labute approximate surface area is 108 Å². The molecule has 1 aliphatic rings. The minimum absolute atomic E-state index is 0.0272. The molecule has 0 saturated heterocycles. The summed E-state index contributed by atoms with van der Waals surface area (Å²) >= 11 is 0. The van der Waals surface area contributed by atoms with Crippen LogP contribution in [0.1, 0.15) is 37.8 Å². The van der Waals surface area contributed by atoms with E-state index in [0.717, 1.165) is 42.5 Å². The highest BCUT2D eigenvalue weighted by Gasteiger charge is 2.49. The number of nitrogens with one attached hydrogen (secondary N) is 1. The van der Waals surface area contributed by atoms with Crippen LogP contribution in [0.3, 0.4) is 0 Å². The van der Waals surface area contributed by atoms with Crippen molar-refractivity contribution in [1.29, 1.82) is 0 Å². The molecule has 3 heteroatoms. The summed E-state index contributed by atoms with van der Waals surface area (Å²) in [5.74, 6) is -0.0272. The zero-order valence-electron chi connectivity index (χ0n) is 11.1. The largest absolute Gasteiger partial charge is 0.395 e. The minimum atomic E-state index is -0.508. The van der Waals surface area contributed by atoms with Gasteiger partial charge in [0.05, 0.1) is 12.0 Å². The van der Waals surface area contributed by atoms with Gasteiger partial charge < -0.3 is 10.4 Å². The Balaban J connectivity index is 2.25. The second-order valence-corrected chi connectivity index (χ2v) is 5.05. The van der Waals surface area contributed by atoms with Crippen LogP contribution in [0.4, 0.5) is 5.69 Å². The SMILES string of the molecule is CCc1cccc(CC)c1NC(=O)C1(CO)CC1. The third-order valence-corrected chi connectivity index (χ3v) is 3.88. The van der Waals surface area contributed by atoms with Gasteiger partial charge in [0, 0.05) is 5.69 Å². The molecular formula is C15H21NO2. The smallest absolute Gasteiger partial charge is 0.232 e. The Kier molecular flexibility index (Phi) is 3.71. The van der Waals surface area contributed by atoms with Gasteiger partial charge in [0.1, 0.15) is 0 Å². The van der Waals surface area contributed by atoms with Gasteiger partial charge in [-0.25, -0.2) is 0 Å². The predicted octanol–water partition coefficient (Wildman–Crippen LogP) is 2.52. The quantitative estimate of drug-likeness (QED) is 0.840. The van der Waals surface area contributed by atoms with Crippen LogP contribution in [-0.2, 0) is 17.6 Å². The van der Waals surface area contributed by atoms with Gasteiger partial charge in [-0.2, -0.15) is 0 Å². The lowest BCUT2D eigenvalue weighted by molar-refractivity contribution is -0.122. The zero-order chi connectivity index (χ0) is 13.2. The van der Waals surface area contributed by atoms with E-state index in [4.69, 9.17) is 0 Å². The number of benzene rings is 1. The third-order valence-electron chi connectivity index (χ3n) is 3.88. The molecule has 1 aliphatic carbocycles. The molecule has 2 rings (SSSR count). The number of amides is 1. The first-order chi connectivity index (χ1) is 8.66. The Morgan fingerprint density at radius 2 is 1.83 bits per heavy atom. The number of carbonyl (C=O) groups is 1. The molecule has 2 N–H and O–H groups in total. The van der Waals surface area contributed by atoms with E-state index in [1.807, 2.05) is 18.2 Å². The molecule has 1 aromatic rings. The Hall–Kier alpha value is -1.35. The van der Waals surface area contributed by atoms with Gasteiger partial charge in [-0.3, -0.25) is 4.79 Å². The maximum atomic E-state index is 12.2. The molecule has 1 saturated carbocycles. The molecule has 0 bridgehead atoms. The van der Waals surface area contributed by atoms with Crippen LogP contribution in [0.2, 0.25) is 0 Å². The molecule has 3 nitrogen and oxygen atoms in total. The number of carbonyl (C=O) groups excluding carboxylic acids is 1. The summed E-state index contributed by atoms with van der Waals surface area (Å²) in [6.45, 7) is 4.13. The van der Waals surface area contributed by atoms with Crippen LogP contribution in [0.5, 0.6) is 0 Å². The Bertz CT molecular complexity index is 428. The molecule has 1 amide bonds. The first-order valence-electron chi connectivity index (χ1n) is 6.70. The Morgan fingerprint density at radius 1 is 1.28 bits per heavy atom. The van der Waals surface area contributed by atoms with Gasteiger partial charge in [-0.1, -0.05) is 32.0 Å². The van der Waals surface area contributed by atoms with Crippen LogP contribution < -0.4 is 5.32 Å². The molecule has 1 fully saturated rings. The number of aliphatic hydroxyl groups is 1. The van der Waals surface area contributed by atoms with Crippen LogP contribution in [-0.4, -0.2) is 17.6 Å². The second-order valence-electron chi connectivity index (χ2n) is 5.05. The molecule has 0 aromatic heterocycles. The highest BCUT2D eigenvalue weighted by molar-refractivity contribution is 5.98. The molecule has 0 heterocycles. The fourth-order valence-corrected chi connectivity index (χ4v) is 2.26. The van der Waals surface area contributed by atoms with Gasteiger partial charge in [0.2, 0.25) is 5.91 Å². The van der Waals surface area contributed by atoms with Crippen LogP contribution in [0, 0.1) is 5.41 Å². The van der Waals surface area contributed by atoms with Crippen molar-refractivity contribution < 1.29 is 9.90 Å². The Morgan fingerprint density at radius 3 is 2.22 bits per heavy atom. The van der Waals surface area contributed by atoms with Crippen molar-refractivity contribution >= 4 is 11.6 Å². The summed E-state index contributed by atoms with van der Waals surface area (Å²) in [4.78, 5) is 12.2. The van der Waals surface area contributed by atoms with E-state index >= 15 is 0 Å². The summed E-state index contributed by atoms with van der Waals surface area (Å²) < 4.78 is 0. The molecule has 0 aliphatic heterocycles. The van der Waals surface area contributed by atoms with Crippen LogP contribution in [0.25, 0.3) is 0 Å². The van der Waals surface area contributed by atoms with E-state index in [9.17, 15) is 9.90 Å². The normalized spacial score (nSPS) is 16.4. The van der Waals surface area contributed by atoms with E-state index in [0.29, 0.717) is 0 Å². The number of rotatable bonds is 5. The lowest BCUT2D eigenvalue weighted by Crippen LogP contribution is -2.28. The fraction of sp³-hybridized carbons (Fsp3) is 0.533. The summed E-state index contributed by atoms with van der Waals surface area (Å²) in [7, 11) is 0. The summed E-state index contributed by atoms with van der Waals surface area (Å²) in [5.41, 5.74) is 2.77. The highest BCUT2D eigenvalue weighted by Crippen LogP contribution is 2.46. The molecule has 0 radical (unpaired) electrons. The number of hydrogen-bond donors (Lipinski definition) is 2. The number of aryl methyl sites for hydroxylation is 2. The molecule has 98 valence electrons. The topological polar surface area (TPSA) is 49.3 Å². The van der Waals surface area contributed by atoms with Gasteiger partial charge >= 0.3 is 0 Å². The van der Waals surface area contributed by atoms with Crippen molar-refractivity contribution in [3.63, 3.8) is 0 Å². The predicted molar refractivity (Wildman–Crippen MR) is 72.6 cm³/mol. The molecule has 0 atom stereocenters. The molecule has 0 spiro atoms. The van der Waals surface area contributed by atoms with E-state index in [1.165, 1.54) is 0 Å². The van der Waals surface area contributed by atoms with Crippen molar-refractivity contribution in [1.82, 2.24) is 0 Å². The van der Waals surface area contributed by atoms with Crippen molar-refractivity contribution in [2.24, 2.45) is 5.41 Å². The van der Waals surface area contributed by atoms with Crippen molar-refractivity contribution in [2.75, 3.05) is 11.9 Å². The van der Waals surface area contributed by atoms with Crippen molar-refractivity contribution in [2.45, 2.75) is 39.5 Å². The van der Waals surface area contributed by atoms with E-state index in [-0.39, 0.29) is 12.5 Å². The summed E-state index contributed by atoms with van der Waals surface area (Å²) in [6, 6.07) is 6.13. The molecule has 0 unspecified atom stereocenters. The second kappa shape index (κ2) is 5.11. The minimum Gasteiger partial charge on any atom is -0.395 e. The highest BCUT2D eigenvalue weighted by atomic mass is 16.3. The number of para-hydroxylation sites is 1. The summed E-state index contributed by atoms with van der Waals surface area (Å²) in [5, 5.41) is 12.3. The van der Waals surface area contributed by atoms with E-state index in [2.05, 4.69) is 19.2 Å². The van der Waals surface area contributed by atoms with Crippen LogP contribution in [0.15, 0.2) is 18.2 Å². The van der Waals surface area contributed by atoms with Crippen molar-refractivity contribution in [3.8, 4) is 0 Å². The lowest BCUT2D eigenvalue weighted by Gasteiger charge is -2.17. The van der Waals surface area contributed by atoms with Gasteiger partial charge in [-0.15, -0.1) is 0 Å². The third kappa shape index (κ3) is 2.27. The van der Waals surface area contributed by atoms with Crippen molar-refractivity contribution in [3.05, 3.63) is 29.3 Å². The van der Waals surface area contributed by atoms with E-state index in [1.54, 1.807) is 0 Å². The van der Waals surface area contributed by atoms with Crippen LogP contribution >= 0.6 is 0 Å². The standard InChI is InChI=1S/C15H21NO2/c1-3-11-6-5-7-12(4-2)13(11)16-14(18)15(10-17)8-9-15/h5-7,17H,3-4,8-10H2,1-2H3,(H,16,18). The average Bonchev–Trinajstić information content (AvgIpc) is 3.20. The first-order valence-corrected chi connectivity index (χ1v) is 6.70. The number of aliphatic hydroxyl groups excluding tert-OH is 1. The number of hydrogen-bond acceptors (Lipinski definition) is 2. The molecular weight excluding hydrogens is 226 g/mol. The van der Waals surface area contributed by atoms with Gasteiger partial charge in [-0.05, 0) is 36.8 Å². The fourth-order valence-electron chi connectivity index (χ4n) is 2.26.